The van der Waals surface area contributed by atoms with E-state index in [1.807, 2.05) is 6.07 Å². The molecule has 1 aromatic heterocycles. The monoisotopic (exact) mass is 395 g/mol. The molecule has 1 saturated heterocycles. The summed E-state index contributed by atoms with van der Waals surface area (Å²) >= 11 is 11.7. The fourth-order valence-electron chi connectivity index (χ4n) is 4.22. The maximum absolute atomic E-state index is 6.26. The van der Waals surface area contributed by atoms with Crippen LogP contribution in [0.1, 0.15) is 58.8 Å². The van der Waals surface area contributed by atoms with Crippen LogP contribution in [0.4, 0.5) is 11.8 Å². The second-order valence-electron chi connectivity index (χ2n) is 8.01. The van der Waals surface area contributed by atoms with E-state index >= 15 is 0 Å². The summed E-state index contributed by atoms with van der Waals surface area (Å²) in [7, 11) is 0. The molecule has 3 rings (SSSR count). The Balaban J connectivity index is 1.64. The molecule has 0 radical (unpaired) electrons. The molecule has 0 aromatic carbocycles. The average Bonchev–Trinajstić information content (AvgIpc) is 2.82. The predicted octanol–water partition coefficient (Wildman–Crippen LogP) is 4.62. The van der Waals surface area contributed by atoms with Gasteiger partial charge in [-0.05, 0) is 43.3 Å². The van der Waals surface area contributed by atoms with Gasteiger partial charge in [0.1, 0.15) is 11.0 Å². The topological polar surface area (TPSA) is 53.1 Å². The van der Waals surface area contributed by atoms with Crippen LogP contribution >= 0.6 is 23.8 Å². The van der Waals surface area contributed by atoms with Crippen molar-refractivity contribution in [2.24, 2.45) is 11.8 Å². The number of piperidine rings is 1. The van der Waals surface area contributed by atoms with E-state index in [-0.39, 0.29) is 0 Å². The van der Waals surface area contributed by atoms with Crippen LogP contribution in [0, 0.1) is 11.8 Å². The van der Waals surface area contributed by atoms with E-state index in [2.05, 4.69) is 39.3 Å². The van der Waals surface area contributed by atoms with E-state index < -0.39 is 0 Å². The van der Waals surface area contributed by atoms with Gasteiger partial charge in [0.15, 0.2) is 5.11 Å². The summed E-state index contributed by atoms with van der Waals surface area (Å²) < 4.78 is 0. The molecule has 2 fully saturated rings. The molecule has 0 amide bonds. The molecule has 2 atom stereocenters. The molecular formula is C19H30ClN5S. The zero-order chi connectivity index (χ0) is 18.5. The van der Waals surface area contributed by atoms with Gasteiger partial charge in [-0.2, -0.15) is 4.98 Å². The summed E-state index contributed by atoms with van der Waals surface area (Å²) in [5.74, 6) is 2.66. The van der Waals surface area contributed by atoms with Gasteiger partial charge in [-0.15, -0.1) is 0 Å². The standard InChI is InChI=1S/C19H30ClN5S/c1-13-9-14(2)12-25(11-13)17-10-16(20)22-18(23-17)24-19(26)21-15-7-5-3-4-6-8-15/h10,13-15H,3-9,11-12H2,1-2H3,(H2,21,22,23,24,26). The van der Waals surface area contributed by atoms with E-state index in [1.54, 1.807) is 0 Å². The lowest BCUT2D eigenvalue weighted by atomic mass is 9.92. The van der Waals surface area contributed by atoms with Gasteiger partial charge in [-0.1, -0.05) is 51.1 Å². The van der Waals surface area contributed by atoms with Crippen LogP contribution in [0.5, 0.6) is 0 Å². The minimum Gasteiger partial charge on any atom is -0.360 e. The number of aromatic nitrogens is 2. The molecule has 2 heterocycles. The Morgan fingerprint density at radius 1 is 1.12 bits per heavy atom. The Morgan fingerprint density at radius 3 is 2.42 bits per heavy atom. The molecular weight excluding hydrogens is 366 g/mol. The number of hydrogen-bond acceptors (Lipinski definition) is 4. The molecule has 7 heteroatoms. The van der Waals surface area contributed by atoms with Crippen LogP contribution in [-0.2, 0) is 0 Å². The molecule has 1 aliphatic carbocycles. The highest BCUT2D eigenvalue weighted by molar-refractivity contribution is 7.80. The van der Waals surface area contributed by atoms with Crippen molar-refractivity contribution in [3.8, 4) is 0 Å². The van der Waals surface area contributed by atoms with Crippen molar-refractivity contribution in [3.05, 3.63) is 11.2 Å². The fraction of sp³-hybridized carbons (Fsp3) is 0.737. The molecule has 1 aliphatic heterocycles. The van der Waals surface area contributed by atoms with Gasteiger partial charge >= 0.3 is 0 Å². The zero-order valence-corrected chi connectivity index (χ0v) is 17.4. The van der Waals surface area contributed by atoms with Crippen LogP contribution in [0.3, 0.4) is 0 Å². The molecule has 2 unspecified atom stereocenters. The quantitative estimate of drug-likeness (QED) is 0.442. The lowest BCUT2D eigenvalue weighted by Gasteiger charge is -2.35. The molecule has 2 aliphatic rings. The second-order valence-corrected chi connectivity index (χ2v) is 8.81. The van der Waals surface area contributed by atoms with Crippen LogP contribution in [0.15, 0.2) is 6.07 Å². The van der Waals surface area contributed by atoms with Gasteiger partial charge in [0, 0.05) is 25.2 Å². The summed E-state index contributed by atoms with van der Waals surface area (Å²) in [6.45, 7) is 6.58. The Kier molecular flexibility index (Phi) is 6.92. The predicted molar refractivity (Wildman–Crippen MR) is 113 cm³/mol. The minimum absolute atomic E-state index is 0.444. The first kappa shape index (κ1) is 19.6. The Morgan fingerprint density at radius 2 is 1.77 bits per heavy atom. The summed E-state index contributed by atoms with van der Waals surface area (Å²) in [4.78, 5) is 11.3. The number of halogens is 1. The molecule has 1 aromatic rings. The van der Waals surface area contributed by atoms with E-state index in [9.17, 15) is 0 Å². The highest BCUT2D eigenvalue weighted by Crippen LogP contribution is 2.27. The molecule has 2 N–H and O–H groups in total. The average molecular weight is 396 g/mol. The van der Waals surface area contributed by atoms with Gasteiger partial charge < -0.3 is 15.5 Å². The number of thiocarbonyl (C=S) groups is 1. The Bertz CT molecular complexity index is 608. The van der Waals surface area contributed by atoms with Crippen LogP contribution in [0.2, 0.25) is 5.15 Å². The van der Waals surface area contributed by atoms with E-state index in [0.717, 1.165) is 18.9 Å². The zero-order valence-electron chi connectivity index (χ0n) is 15.8. The third-order valence-corrected chi connectivity index (χ3v) is 5.70. The van der Waals surface area contributed by atoms with Crippen molar-refractivity contribution in [2.75, 3.05) is 23.3 Å². The molecule has 144 valence electrons. The third kappa shape index (κ3) is 5.68. The maximum atomic E-state index is 6.26. The van der Waals surface area contributed by atoms with Crippen molar-refractivity contribution in [2.45, 2.75) is 64.8 Å². The number of hydrogen-bond donors (Lipinski definition) is 2. The van der Waals surface area contributed by atoms with Crippen molar-refractivity contribution < 1.29 is 0 Å². The van der Waals surface area contributed by atoms with Gasteiger partial charge in [-0.3, -0.25) is 0 Å². The fourth-order valence-corrected chi connectivity index (χ4v) is 4.66. The molecule has 26 heavy (non-hydrogen) atoms. The highest BCUT2D eigenvalue weighted by atomic mass is 35.5. The van der Waals surface area contributed by atoms with Crippen molar-refractivity contribution >= 4 is 40.7 Å². The van der Waals surface area contributed by atoms with E-state index in [0.29, 0.717) is 34.1 Å². The molecule has 5 nitrogen and oxygen atoms in total. The van der Waals surface area contributed by atoms with Gasteiger partial charge in [0.2, 0.25) is 5.95 Å². The Labute approximate surface area is 167 Å². The molecule has 1 saturated carbocycles. The summed E-state index contributed by atoms with van der Waals surface area (Å²) in [5.41, 5.74) is 0. The Hall–Kier alpha value is -1.14. The SMILES string of the molecule is CC1CC(C)CN(c2cc(Cl)nc(NC(=S)NC3CCCCCC3)n2)C1. The minimum atomic E-state index is 0.444. The van der Waals surface area contributed by atoms with Crippen LogP contribution < -0.4 is 15.5 Å². The van der Waals surface area contributed by atoms with Gasteiger partial charge in [-0.25, -0.2) is 4.98 Å². The van der Waals surface area contributed by atoms with E-state index in [4.69, 9.17) is 23.8 Å². The number of anilines is 2. The lowest BCUT2D eigenvalue weighted by molar-refractivity contribution is 0.355. The smallest absolute Gasteiger partial charge is 0.232 e. The molecule has 0 bridgehead atoms. The van der Waals surface area contributed by atoms with Crippen LogP contribution in [-0.4, -0.2) is 34.2 Å². The molecule has 0 spiro atoms. The van der Waals surface area contributed by atoms with Crippen molar-refractivity contribution in [3.63, 3.8) is 0 Å². The van der Waals surface area contributed by atoms with Gasteiger partial charge in [0.05, 0.1) is 0 Å². The summed E-state index contributed by atoms with van der Waals surface area (Å²) in [6, 6.07) is 2.29. The van der Waals surface area contributed by atoms with Crippen molar-refractivity contribution in [1.29, 1.82) is 0 Å². The second kappa shape index (κ2) is 9.18. The number of nitrogens with one attached hydrogen (secondary N) is 2. The maximum Gasteiger partial charge on any atom is 0.232 e. The largest absolute Gasteiger partial charge is 0.360 e. The first-order valence-corrected chi connectivity index (χ1v) is 10.7. The highest BCUT2D eigenvalue weighted by Gasteiger charge is 2.23. The lowest BCUT2D eigenvalue weighted by Crippen LogP contribution is -2.40. The normalized spacial score (nSPS) is 24.8. The first-order valence-electron chi connectivity index (χ1n) is 9.86. The first-order chi connectivity index (χ1) is 12.5. The number of rotatable bonds is 3. The van der Waals surface area contributed by atoms with Crippen LogP contribution in [0.25, 0.3) is 0 Å². The third-order valence-electron chi connectivity index (χ3n) is 5.29. The van der Waals surface area contributed by atoms with E-state index in [1.165, 1.54) is 44.9 Å². The number of nitrogens with zero attached hydrogens (tertiary/aromatic N) is 3. The summed E-state index contributed by atoms with van der Waals surface area (Å²) in [6.07, 6.45) is 8.79. The van der Waals surface area contributed by atoms with Gasteiger partial charge in [0.25, 0.3) is 0 Å². The van der Waals surface area contributed by atoms with Crippen molar-refractivity contribution in [1.82, 2.24) is 15.3 Å². The summed E-state index contributed by atoms with van der Waals surface area (Å²) in [5, 5.41) is 7.60.